The second-order valence-corrected chi connectivity index (χ2v) is 10.1. The molecule has 0 aromatic heterocycles. The molecule has 0 unspecified atom stereocenters. The second kappa shape index (κ2) is 10.3. The number of para-hydroxylation sites is 1. The predicted octanol–water partition coefficient (Wildman–Crippen LogP) is 4.87. The molecule has 1 amide bonds. The van der Waals surface area contributed by atoms with Gasteiger partial charge in [0.2, 0.25) is 0 Å². The van der Waals surface area contributed by atoms with E-state index >= 15 is 0 Å². The lowest BCUT2D eigenvalue weighted by Gasteiger charge is -2.32. The number of nitrogens with one attached hydrogen (secondary N) is 1. The lowest BCUT2D eigenvalue weighted by atomic mass is 9.97. The fourth-order valence-electron chi connectivity index (χ4n) is 3.90. The number of nitrogens with zero attached hydrogens (tertiary/aromatic N) is 1. The predicted molar refractivity (Wildman–Crippen MR) is 129 cm³/mol. The number of hydrogen-bond acceptors (Lipinski definition) is 4. The number of aryl methyl sites for hydroxylation is 1. The Morgan fingerprint density at radius 2 is 1.71 bits per heavy atom. The summed E-state index contributed by atoms with van der Waals surface area (Å²) in [6.07, 6.45) is 1.74. The lowest BCUT2D eigenvalue weighted by Crippen LogP contribution is -2.39. The van der Waals surface area contributed by atoms with Gasteiger partial charge in [0.1, 0.15) is 11.6 Å². The molecule has 3 aromatic rings. The van der Waals surface area contributed by atoms with Crippen LogP contribution < -0.4 is 9.46 Å². The van der Waals surface area contributed by atoms with Crippen LogP contribution >= 0.6 is 0 Å². The molecule has 0 spiro atoms. The van der Waals surface area contributed by atoms with Crippen molar-refractivity contribution < 1.29 is 22.3 Å². The van der Waals surface area contributed by atoms with E-state index in [0.717, 1.165) is 24.7 Å². The quantitative estimate of drug-likeness (QED) is 0.522. The molecule has 0 saturated carbocycles. The third-order valence-electron chi connectivity index (χ3n) is 5.95. The van der Waals surface area contributed by atoms with Crippen molar-refractivity contribution in [2.45, 2.75) is 24.7 Å². The number of piperidine rings is 1. The number of carbonyl (C=O) groups excluding carboxylic acids is 1. The number of ether oxygens (including phenoxy) is 1. The molecule has 0 radical (unpaired) electrons. The number of benzene rings is 3. The van der Waals surface area contributed by atoms with Crippen molar-refractivity contribution in [2.75, 3.05) is 24.4 Å². The van der Waals surface area contributed by atoms with Gasteiger partial charge in [-0.1, -0.05) is 18.2 Å². The zero-order valence-corrected chi connectivity index (χ0v) is 19.7. The van der Waals surface area contributed by atoms with E-state index in [1.54, 1.807) is 24.3 Å². The molecule has 4 rings (SSSR count). The van der Waals surface area contributed by atoms with Crippen LogP contribution in [0.15, 0.2) is 77.7 Å². The van der Waals surface area contributed by atoms with Crippen LogP contribution in [0.2, 0.25) is 0 Å². The van der Waals surface area contributed by atoms with Crippen LogP contribution in [-0.2, 0) is 10.0 Å². The monoisotopic (exact) mass is 482 g/mol. The van der Waals surface area contributed by atoms with E-state index in [2.05, 4.69) is 4.72 Å². The van der Waals surface area contributed by atoms with Gasteiger partial charge in [0.25, 0.3) is 15.9 Å². The van der Waals surface area contributed by atoms with Gasteiger partial charge in [0.15, 0.2) is 0 Å². The summed E-state index contributed by atoms with van der Waals surface area (Å²) in [6, 6.07) is 19.7. The van der Waals surface area contributed by atoms with Gasteiger partial charge in [0, 0.05) is 24.3 Å². The second-order valence-electron chi connectivity index (χ2n) is 8.45. The van der Waals surface area contributed by atoms with Crippen molar-refractivity contribution in [3.05, 3.63) is 89.7 Å². The Hall–Kier alpha value is -3.39. The number of halogens is 1. The van der Waals surface area contributed by atoms with Crippen molar-refractivity contribution in [1.29, 1.82) is 0 Å². The molecule has 0 bridgehead atoms. The number of sulfonamides is 1. The van der Waals surface area contributed by atoms with E-state index < -0.39 is 15.8 Å². The number of rotatable bonds is 7. The minimum absolute atomic E-state index is 0.0225. The highest BCUT2D eigenvalue weighted by atomic mass is 32.2. The maximum atomic E-state index is 13.5. The van der Waals surface area contributed by atoms with Crippen LogP contribution in [0.4, 0.5) is 10.1 Å². The van der Waals surface area contributed by atoms with Gasteiger partial charge >= 0.3 is 0 Å². The molecule has 1 aliphatic heterocycles. The number of likely N-dealkylation sites (tertiary alicyclic amines) is 1. The fraction of sp³-hybridized carbons (Fsp3) is 0.269. The summed E-state index contributed by atoms with van der Waals surface area (Å²) in [7, 11) is -3.86. The standard InChI is InChI=1S/C26H27FN2O4S/c1-19-17-24(11-12-25(19)27)34(31,32)28-22-9-7-21(8-10-22)26(30)29-15-13-20(14-16-29)18-33-23-5-3-2-4-6-23/h2-12,17,20,28H,13-16,18H2,1H3. The summed E-state index contributed by atoms with van der Waals surface area (Å²) >= 11 is 0. The Balaban J connectivity index is 1.31. The molecule has 0 aliphatic carbocycles. The first-order valence-electron chi connectivity index (χ1n) is 11.2. The van der Waals surface area contributed by atoms with Crippen LogP contribution in [0, 0.1) is 18.7 Å². The van der Waals surface area contributed by atoms with Crippen molar-refractivity contribution in [2.24, 2.45) is 5.92 Å². The summed E-state index contributed by atoms with van der Waals surface area (Å²) in [5.74, 6) is 0.711. The zero-order valence-electron chi connectivity index (χ0n) is 18.9. The molecule has 1 N–H and O–H groups in total. The molecule has 1 fully saturated rings. The summed E-state index contributed by atoms with van der Waals surface area (Å²) in [6.45, 7) is 3.45. The summed E-state index contributed by atoms with van der Waals surface area (Å²) < 4.78 is 47.0. The van der Waals surface area contributed by atoms with Gasteiger partial charge in [-0.15, -0.1) is 0 Å². The molecule has 0 atom stereocenters. The first kappa shape index (κ1) is 23.8. The highest BCUT2D eigenvalue weighted by molar-refractivity contribution is 7.92. The van der Waals surface area contributed by atoms with Crippen LogP contribution in [-0.4, -0.2) is 38.9 Å². The lowest BCUT2D eigenvalue weighted by molar-refractivity contribution is 0.0661. The third-order valence-corrected chi connectivity index (χ3v) is 7.33. The van der Waals surface area contributed by atoms with Gasteiger partial charge < -0.3 is 9.64 Å². The largest absolute Gasteiger partial charge is 0.493 e. The molecule has 178 valence electrons. The van der Waals surface area contributed by atoms with Gasteiger partial charge in [-0.25, -0.2) is 12.8 Å². The normalized spacial score (nSPS) is 14.6. The molecular weight excluding hydrogens is 455 g/mol. The van der Waals surface area contributed by atoms with Crippen LogP contribution in [0.3, 0.4) is 0 Å². The van der Waals surface area contributed by atoms with Crippen molar-refractivity contribution in [1.82, 2.24) is 4.90 Å². The van der Waals surface area contributed by atoms with Crippen LogP contribution in [0.1, 0.15) is 28.8 Å². The molecule has 3 aromatic carbocycles. The van der Waals surface area contributed by atoms with E-state index in [9.17, 15) is 17.6 Å². The molecule has 1 heterocycles. The summed E-state index contributed by atoms with van der Waals surface area (Å²) in [5, 5.41) is 0. The highest BCUT2D eigenvalue weighted by Gasteiger charge is 2.24. The Kier molecular flexibility index (Phi) is 7.17. The van der Waals surface area contributed by atoms with Crippen LogP contribution in [0.5, 0.6) is 5.75 Å². The van der Waals surface area contributed by atoms with E-state index in [4.69, 9.17) is 4.74 Å². The Labute approximate surface area is 199 Å². The van der Waals surface area contributed by atoms with E-state index in [1.165, 1.54) is 19.1 Å². The maximum absolute atomic E-state index is 13.5. The number of anilines is 1. The van der Waals surface area contributed by atoms with Gasteiger partial charge in [-0.3, -0.25) is 9.52 Å². The molecule has 1 saturated heterocycles. The molecule has 8 heteroatoms. The molecule has 6 nitrogen and oxygen atoms in total. The smallest absolute Gasteiger partial charge is 0.261 e. The van der Waals surface area contributed by atoms with Crippen molar-refractivity contribution in [3.63, 3.8) is 0 Å². The third kappa shape index (κ3) is 5.75. The average Bonchev–Trinajstić information content (AvgIpc) is 2.85. The van der Waals surface area contributed by atoms with Crippen molar-refractivity contribution in [3.8, 4) is 5.75 Å². The number of carbonyl (C=O) groups is 1. The van der Waals surface area contributed by atoms with Gasteiger partial charge in [-0.2, -0.15) is 0 Å². The van der Waals surface area contributed by atoms with E-state index in [1.807, 2.05) is 35.2 Å². The first-order chi connectivity index (χ1) is 16.3. The number of hydrogen-bond donors (Lipinski definition) is 1. The van der Waals surface area contributed by atoms with Crippen LogP contribution in [0.25, 0.3) is 0 Å². The maximum Gasteiger partial charge on any atom is 0.261 e. The van der Waals surface area contributed by atoms with E-state index in [0.29, 0.717) is 36.9 Å². The average molecular weight is 483 g/mol. The Morgan fingerprint density at radius 1 is 1.03 bits per heavy atom. The summed E-state index contributed by atoms with van der Waals surface area (Å²) in [5.41, 5.74) is 1.08. The Bertz CT molecular complexity index is 1240. The Morgan fingerprint density at radius 3 is 2.35 bits per heavy atom. The summed E-state index contributed by atoms with van der Waals surface area (Å²) in [4.78, 5) is 14.7. The van der Waals surface area contributed by atoms with E-state index in [-0.39, 0.29) is 16.4 Å². The minimum Gasteiger partial charge on any atom is -0.493 e. The molecule has 34 heavy (non-hydrogen) atoms. The van der Waals surface area contributed by atoms with Gasteiger partial charge in [-0.05, 0) is 85.8 Å². The minimum atomic E-state index is -3.86. The highest BCUT2D eigenvalue weighted by Crippen LogP contribution is 2.23. The topological polar surface area (TPSA) is 75.7 Å². The fourth-order valence-corrected chi connectivity index (χ4v) is 5.04. The first-order valence-corrected chi connectivity index (χ1v) is 12.7. The molecular formula is C26H27FN2O4S. The van der Waals surface area contributed by atoms with Crippen molar-refractivity contribution >= 4 is 21.6 Å². The molecule has 1 aliphatic rings. The van der Waals surface area contributed by atoms with Gasteiger partial charge in [0.05, 0.1) is 11.5 Å². The SMILES string of the molecule is Cc1cc(S(=O)(=O)Nc2ccc(C(=O)N3CCC(COc4ccccc4)CC3)cc2)ccc1F. The number of amides is 1. The zero-order chi connectivity index (χ0) is 24.1.